The Morgan fingerprint density at radius 2 is 1.02 bits per heavy atom. The van der Waals surface area contributed by atoms with Crippen molar-refractivity contribution in [2.24, 2.45) is 0 Å². The zero-order valence-electron chi connectivity index (χ0n) is 37.1. The number of rotatable bonds is 41. The summed E-state index contributed by atoms with van der Waals surface area (Å²) in [5.74, 6) is -0.154. The molecule has 1 aliphatic rings. The zero-order valence-corrected chi connectivity index (χ0v) is 37.1. The van der Waals surface area contributed by atoms with Gasteiger partial charge in [0.25, 0.3) is 0 Å². The predicted octanol–water partition coefficient (Wildman–Crippen LogP) is 10.5. The third kappa shape index (κ3) is 29.7. The predicted molar refractivity (Wildman–Crippen MR) is 235 cm³/mol. The summed E-state index contributed by atoms with van der Waals surface area (Å²) in [5.41, 5.74) is 0. The molecule has 0 spiro atoms. The minimum atomic E-state index is -1.55. The lowest BCUT2D eigenvalue weighted by Crippen LogP contribution is -2.60. The average Bonchev–Trinajstić information content (AvgIpc) is 3.21. The zero-order chi connectivity index (χ0) is 41.6. The van der Waals surface area contributed by atoms with Crippen LogP contribution in [0.25, 0.3) is 0 Å². The van der Waals surface area contributed by atoms with E-state index in [2.05, 4.69) is 31.3 Å². The Bertz CT molecular complexity index is 904. The molecule has 1 aliphatic heterocycles. The number of aliphatic hydroxyl groups excluding tert-OH is 5. The Labute approximate surface area is 350 Å². The first kappa shape index (κ1) is 53.9. The lowest BCUT2D eigenvalue weighted by atomic mass is 9.99. The number of hydrogen-bond acceptors (Lipinski definition) is 8. The number of allylic oxidation sites excluding steroid dienone is 2. The highest BCUT2D eigenvalue weighted by atomic mass is 16.7. The fraction of sp³-hybridized carbons (Fsp3) is 0.938. The van der Waals surface area contributed by atoms with E-state index < -0.39 is 49.5 Å². The van der Waals surface area contributed by atoms with Crippen LogP contribution in [0.1, 0.15) is 232 Å². The lowest BCUT2D eigenvalue weighted by Gasteiger charge is -2.40. The molecule has 1 fully saturated rings. The van der Waals surface area contributed by atoms with Gasteiger partial charge in [-0.15, -0.1) is 0 Å². The van der Waals surface area contributed by atoms with Crippen LogP contribution in [-0.2, 0) is 14.3 Å². The smallest absolute Gasteiger partial charge is 0.220 e. The van der Waals surface area contributed by atoms with Crippen LogP contribution in [0.3, 0.4) is 0 Å². The summed E-state index contributed by atoms with van der Waals surface area (Å²) < 4.78 is 11.2. The van der Waals surface area contributed by atoms with Crippen LogP contribution >= 0.6 is 0 Å². The van der Waals surface area contributed by atoms with E-state index in [4.69, 9.17) is 9.47 Å². The van der Waals surface area contributed by atoms with Gasteiger partial charge in [-0.25, -0.2) is 0 Å². The van der Waals surface area contributed by atoms with Gasteiger partial charge >= 0.3 is 0 Å². The van der Waals surface area contributed by atoms with E-state index in [0.717, 1.165) is 64.2 Å². The maximum atomic E-state index is 12.9. The molecule has 9 nitrogen and oxygen atoms in total. The number of hydrogen-bond donors (Lipinski definition) is 6. The van der Waals surface area contributed by atoms with Gasteiger partial charge in [-0.3, -0.25) is 4.79 Å². The van der Waals surface area contributed by atoms with Gasteiger partial charge < -0.3 is 40.3 Å². The lowest BCUT2D eigenvalue weighted by molar-refractivity contribution is -0.302. The van der Waals surface area contributed by atoms with Gasteiger partial charge in [0.05, 0.1) is 25.4 Å². The topological polar surface area (TPSA) is 149 Å². The molecule has 1 amide bonds. The highest BCUT2D eigenvalue weighted by Gasteiger charge is 2.44. The number of nitrogens with one attached hydrogen (secondary N) is 1. The van der Waals surface area contributed by atoms with Gasteiger partial charge in [0, 0.05) is 6.42 Å². The van der Waals surface area contributed by atoms with Gasteiger partial charge in [-0.1, -0.05) is 206 Å². The summed E-state index contributed by atoms with van der Waals surface area (Å²) in [6, 6.07) is -0.718. The number of carbonyl (C=O) groups is 1. The molecule has 0 aromatic rings. The molecule has 1 rings (SSSR count). The van der Waals surface area contributed by atoms with Crippen molar-refractivity contribution in [3.63, 3.8) is 0 Å². The Hall–Kier alpha value is -1.07. The van der Waals surface area contributed by atoms with Crippen molar-refractivity contribution in [2.75, 3.05) is 13.2 Å². The van der Waals surface area contributed by atoms with E-state index in [1.165, 1.54) is 141 Å². The first-order valence-electron chi connectivity index (χ1n) is 24.4. The van der Waals surface area contributed by atoms with Crippen molar-refractivity contribution in [3.8, 4) is 0 Å². The second-order valence-electron chi connectivity index (χ2n) is 17.3. The molecule has 7 atom stereocenters. The van der Waals surface area contributed by atoms with Crippen LogP contribution < -0.4 is 5.32 Å². The molecular weight excluding hydrogens is 719 g/mol. The number of ether oxygens (including phenoxy) is 2. The summed E-state index contributed by atoms with van der Waals surface area (Å²) in [4.78, 5) is 12.9. The molecule has 6 N–H and O–H groups in total. The SMILES string of the molecule is CCC/C=C\CCCCCCCC(=O)NC(COC1OC(CO)C(O)C(O)C1O)C(O)CCCCCCCCCCCCCCCCCCCCCCCCCC. The van der Waals surface area contributed by atoms with Crippen LogP contribution in [0.15, 0.2) is 12.2 Å². The van der Waals surface area contributed by atoms with E-state index in [-0.39, 0.29) is 12.5 Å². The number of aliphatic hydroxyl groups is 5. The largest absolute Gasteiger partial charge is 0.394 e. The van der Waals surface area contributed by atoms with Crippen molar-refractivity contribution in [1.82, 2.24) is 5.32 Å². The maximum absolute atomic E-state index is 12.9. The molecule has 57 heavy (non-hydrogen) atoms. The minimum Gasteiger partial charge on any atom is -0.394 e. The summed E-state index contributed by atoms with van der Waals surface area (Å²) in [5, 5.41) is 54.3. The van der Waals surface area contributed by atoms with Crippen molar-refractivity contribution >= 4 is 5.91 Å². The summed E-state index contributed by atoms with van der Waals surface area (Å²) in [6.07, 6.45) is 38.1. The van der Waals surface area contributed by atoms with Gasteiger partial charge in [-0.05, 0) is 32.1 Å². The first-order chi connectivity index (χ1) is 27.8. The Kier molecular flexibility index (Phi) is 37.0. The molecule has 1 saturated heterocycles. The molecule has 0 aromatic carbocycles. The van der Waals surface area contributed by atoms with E-state index in [1.54, 1.807) is 0 Å². The second-order valence-corrected chi connectivity index (χ2v) is 17.3. The van der Waals surface area contributed by atoms with Gasteiger partial charge in [0.15, 0.2) is 6.29 Å². The fourth-order valence-corrected chi connectivity index (χ4v) is 7.93. The van der Waals surface area contributed by atoms with E-state index in [1.807, 2.05) is 0 Å². The van der Waals surface area contributed by atoms with E-state index in [0.29, 0.717) is 12.8 Å². The Balaban J connectivity index is 2.21. The van der Waals surface area contributed by atoms with Crippen molar-refractivity contribution in [1.29, 1.82) is 0 Å². The van der Waals surface area contributed by atoms with Gasteiger partial charge in [0.2, 0.25) is 5.91 Å². The normalized spacial score (nSPS) is 21.0. The molecular formula is C48H93NO8. The van der Waals surface area contributed by atoms with Crippen LogP contribution in [0, 0.1) is 0 Å². The van der Waals surface area contributed by atoms with Crippen molar-refractivity contribution in [2.45, 2.75) is 275 Å². The number of unbranched alkanes of at least 4 members (excludes halogenated alkanes) is 29. The Morgan fingerprint density at radius 1 is 0.579 bits per heavy atom. The summed E-state index contributed by atoms with van der Waals surface area (Å²) in [6.45, 7) is 3.78. The molecule has 0 radical (unpaired) electrons. The third-order valence-electron chi connectivity index (χ3n) is 11.8. The molecule has 9 heteroatoms. The first-order valence-corrected chi connectivity index (χ1v) is 24.4. The summed E-state index contributed by atoms with van der Waals surface area (Å²) in [7, 11) is 0. The number of amides is 1. The van der Waals surface area contributed by atoms with Crippen molar-refractivity contribution < 1.29 is 39.8 Å². The molecule has 0 aliphatic carbocycles. The Morgan fingerprint density at radius 3 is 1.49 bits per heavy atom. The molecule has 1 heterocycles. The standard InChI is InChI=1S/C48H93NO8/c1-3-5-7-9-11-13-15-16-17-18-19-20-21-22-23-24-25-26-27-28-29-31-33-35-37-42(51)41(40-56-48-47(55)46(54)45(53)43(39-50)57-48)49-44(52)38-36-34-32-30-14-12-10-8-6-4-2/h8,10,41-43,45-48,50-51,53-55H,3-7,9,11-40H2,1-2H3,(H,49,52)/b10-8-. The molecule has 0 aromatic heterocycles. The molecule has 0 saturated carbocycles. The number of carbonyl (C=O) groups excluding carboxylic acids is 1. The highest BCUT2D eigenvalue weighted by molar-refractivity contribution is 5.76. The average molecular weight is 812 g/mol. The van der Waals surface area contributed by atoms with Crippen LogP contribution in [0.2, 0.25) is 0 Å². The summed E-state index contributed by atoms with van der Waals surface area (Å²) >= 11 is 0. The second kappa shape index (κ2) is 39.1. The van der Waals surface area contributed by atoms with Gasteiger partial charge in [0.1, 0.15) is 24.4 Å². The highest BCUT2D eigenvalue weighted by Crippen LogP contribution is 2.23. The van der Waals surface area contributed by atoms with E-state index in [9.17, 15) is 30.3 Å². The quantitative estimate of drug-likeness (QED) is 0.0264. The van der Waals surface area contributed by atoms with Crippen LogP contribution in [0.4, 0.5) is 0 Å². The molecule has 7 unspecified atom stereocenters. The molecule has 0 bridgehead atoms. The monoisotopic (exact) mass is 812 g/mol. The third-order valence-corrected chi connectivity index (χ3v) is 11.8. The van der Waals surface area contributed by atoms with Crippen LogP contribution in [-0.4, -0.2) is 87.5 Å². The fourth-order valence-electron chi connectivity index (χ4n) is 7.93. The molecule has 338 valence electrons. The maximum Gasteiger partial charge on any atom is 0.220 e. The minimum absolute atomic E-state index is 0.138. The van der Waals surface area contributed by atoms with E-state index >= 15 is 0 Å². The van der Waals surface area contributed by atoms with Crippen molar-refractivity contribution in [3.05, 3.63) is 12.2 Å². The van der Waals surface area contributed by atoms with Crippen LogP contribution in [0.5, 0.6) is 0 Å². The van der Waals surface area contributed by atoms with Gasteiger partial charge in [-0.2, -0.15) is 0 Å².